The first-order chi connectivity index (χ1) is 8.63. The van der Waals surface area contributed by atoms with Gasteiger partial charge in [0.2, 0.25) is 5.91 Å². The van der Waals surface area contributed by atoms with E-state index in [1.807, 2.05) is 19.1 Å². The van der Waals surface area contributed by atoms with Crippen LogP contribution in [-0.2, 0) is 4.79 Å². The molecule has 1 aromatic rings. The molecule has 0 saturated carbocycles. The fraction of sp³-hybridized carbons (Fsp3) is 0.462. The van der Waals surface area contributed by atoms with Gasteiger partial charge in [0, 0.05) is 6.54 Å². The third-order valence-corrected chi connectivity index (χ3v) is 2.51. The molecule has 1 atom stereocenters. The maximum absolute atomic E-state index is 11.4. The highest BCUT2D eigenvalue weighted by Crippen LogP contribution is 2.19. The van der Waals surface area contributed by atoms with E-state index in [1.54, 1.807) is 12.1 Å². The van der Waals surface area contributed by atoms with Gasteiger partial charge in [0.15, 0.2) is 0 Å². The van der Waals surface area contributed by atoms with Gasteiger partial charge in [-0.05, 0) is 18.6 Å². The number of hydrogen-bond donors (Lipinski definition) is 3. The van der Waals surface area contributed by atoms with E-state index in [1.165, 1.54) is 0 Å². The standard InChI is InChI=1S/C13H20N2O3/c1-2-10(16)9-15-13(17)7-8-18-12-6-4-3-5-11(12)14/h3-6,10,16H,2,7-9,14H2,1H3,(H,15,17). The van der Waals surface area contributed by atoms with Gasteiger partial charge in [0.05, 0.1) is 24.8 Å². The van der Waals surface area contributed by atoms with E-state index in [0.717, 1.165) is 0 Å². The van der Waals surface area contributed by atoms with E-state index in [0.29, 0.717) is 17.9 Å². The molecule has 0 saturated heterocycles. The summed E-state index contributed by atoms with van der Waals surface area (Å²) in [7, 11) is 0. The minimum Gasteiger partial charge on any atom is -0.491 e. The van der Waals surface area contributed by atoms with E-state index in [4.69, 9.17) is 10.5 Å². The quantitative estimate of drug-likeness (QED) is 0.630. The van der Waals surface area contributed by atoms with E-state index < -0.39 is 6.10 Å². The molecule has 0 heterocycles. The van der Waals surface area contributed by atoms with Crippen LogP contribution in [0, 0.1) is 0 Å². The molecule has 0 aromatic heterocycles. The Balaban J connectivity index is 2.22. The van der Waals surface area contributed by atoms with Gasteiger partial charge in [-0.15, -0.1) is 0 Å². The van der Waals surface area contributed by atoms with Gasteiger partial charge in [-0.25, -0.2) is 0 Å². The number of para-hydroxylation sites is 2. The molecule has 0 bridgehead atoms. The zero-order chi connectivity index (χ0) is 13.4. The summed E-state index contributed by atoms with van der Waals surface area (Å²) in [5.74, 6) is 0.441. The number of rotatable bonds is 7. The zero-order valence-electron chi connectivity index (χ0n) is 10.6. The normalized spacial score (nSPS) is 11.9. The summed E-state index contributed by atoms with van der Waals surface area (Å²) in [6.07, 6.45) is 0.377. The zero-order valence-corrected chi connectivity index (χ0v) is 10.6. The Hall–Kier alpha value is -1.75. The van der Waals surface area contributed by atoms with Crippen molar-refractivity contribution < 1.29 is 14.6 Å². The van der Waals surface area contributed by atoms with E-state index in [-0.39, 0.29) is 25.5 Å². The molecule has 1 aromatic carbocycles. The SMILES string of the molecule is CCC(O)CNC(=O)CCOc1ccccc1N. The summed E-state index contributed by atoms with van der Waals surface area (Å²) in [5, 5.41) is 11.9. The highest BCUT2D eigenvalue weighted by Gasteiger charge is 2.06. The van der Waals surface area contributed by atoms with Gasteiger partial charge in [0.25, 0.3) is 0 Å². The summed E-state index contributed by atoms with van der Waals surface area (Å²) in [6.45, 7) is 2.41. The maximum atomic E-state index is 11.4. The van der Waals surface area contributed by atoms with Crippen LogP contribution in [0.25, 0.3) is 0 Å². The van der Waals surface area contributed by atoms with Gasteiger partial charge < -0.3 is 20.9 Å². The second-order valence-corrected chi connectivity index (χ2v) is 4.00. The molecule has 4 N–H and O–H groups in total. The maximum Gasteiger partial charge on any atom is 0.223 e. The number of aliphatic hydroxyl groups is 1. The Kier molecular flexibility index (Phi) is 6.00. The number of anilines is 1. The molecule has 0 spiro atoms. The predicted molar refractivity (Wildman–Crippen MR) is 70.3 cm³/mol. The van der Waals surface area contributed by atoms with Crippen molar-refractivity contribution in [2.45, 2.75) is 25.9 Å². The van der Waals surface area contributed by atoms with Crippen LogP contribution >= 0.6 is 0 Å². The first kappa shape index (κ1) is 14.3. The number of carbonyl (C=O) groups excluding carboxylic acids is 1. The average molecular weight is 252 g/mol. The number of carbonyl (C=O) groups is 1. The van der Waals surface area contributed by atoms with Crippen molar-refractivity contribution in [1.29, 1.82) is 0 Å². The molecule has 1 amide bonds. The molecule has 18 heavy (non-hydrogen) atoms. The molecule has 0 fully saturated rings. The van der Waals surface area contributed by atoms with Crippen LogP contribution in [0.5, 0.6) is 5.75 Å². The Morgan fingerprint density at radius 3 is 2.89 bits per heavy atom. The van der Waals surface area contributed by atoms with Gasteiger partial charge in [0.1, 0.15) is 5.75 Å². The number of nitrogens with one attached hydrogen (secondary N) is 1. The number of aliphatic hydroxyl groups excluding tert-OH is 1. The molecule has 5 nitrogen and oxygen atoms in total. The molecule has 100 valence electrons. The fourth-order valence-corrected chi connectivity index (χ4v) is 1.33. The molecule has 0 aliphatic rings. The number of amides is 1. The largest absolute Gasteiger partial charge is 0.491 e. The summed E-state index contributed by atoms with van der Waals surface area (Å²) in [5.41, 5.74) is 6.25. The Morgan fingerprint density at radius 1 is 1.50 bits per heavy atom. The first-order valence-corrected chi connectivity index (χ1v) is 6.05. The number of benzene rings is 1. The molecule has 0 radical (unpaired) electrons. The van der Waals surface area contributed by atoms with Crippen LogP contribution < -0.4 is 15.8 Å². The third-order valence-electron chi connectivity index (χ3n) is 2.51. The van der Waals surface area contributed by atoms with Crippen LogP contribution in [0.15, 0.2) is 24.3 Å². The van der Waals surface area contributed by atoms with Crippen molar-refractivity contribution in [1.82, 2.24) is 5.32 Å². The molecule has 0 aliphatic carbocycles. The molecular formula is C13H20N2O3. The monoisotopic (exact) mass is 252 g/mol. The third kappa shape index (κ3) is 5.05. The van der Waals surface area contributed by atoms with Crippen LogP contribution in [0.2, 0.25) is 0 Å². The topological polar surface area (TPSA) is 84.6 Å². The van der Waals surface area contributed by atoms with Crippen LogP contribution in [-0.4, -0.2) is 30.3 Å². The van der Waals surface area contributed by atoms with Crippen molar-refractivity contribution in [3.05, 3.63) is 24.3 Å². The second-order valence-electron chi connectivity index (χ2n) is 4.00. The van der Waals surface area contributed by atoms with Gasteiger partial charge in [-0.2, -0.15) is 0 Å². The van der Waals surface area contributed by atoms with Gasteiger partial charge >= 0.3 is 0 Å². The summed E-state index contributed by atoms with van der Waals surface area (Å²) < 4.78 is 5.39. The van der Waals surface area contributed by atoms with Crippen LogP contribution in [0.3, 0.4) is 0 Å². The number of nitrogens with two attached hydrogens (primary N) is 1. The van der Waals surface area contributed by atoms with Crippen molar-refractivity contribution in [2.24, 2.45) is 0 Å². The molecule has 5 heteroatoms. The lowest BCUT2D eigenvalue weighted by molar-refractivity contribution is -0.122. The minimum absolute atomic E-state index is 0.142. The molecule has 1 rings (SSSR count). The molecule has 0 aliphatic heterocycles. The lowest BCUT2D eigenvalue weighted by Gasteiger charge is -2.10. The Labute approximate surface area is 107 Å². The first-order valence-electron chi connectivity index (χ1n) is 6.05. The van der Waals surface area contributed by atoms with E-state index in [2.05, 4.69) is 5.32 Å². The summed E-state index contributed by atoms with van der Waals surface area (Å²) in [4.78, 5) is 11.4. The molecular weight excluding hydrogens is 232 g/mol. The lowest BCUT2D eigenvalue weighted by Crippen LogP contribution is -2.32. The highest BCUT2D eigenvalue weighted by molar-refractivity contribution is 5.76. The highest BCUT2D eigenvalue weighted by atomic mass is 16.5. The van der Waals surface area contributed by atoms with Gasteiger partial charge in [-0.1, -0.05) is 19.1 Å². The molecule has 1 unspecified atom stereocenters. The van der Waals surface area contributed by atoms with Crippen molar-refractivity contribution in [3.8, 4) is 5.75 Å². The van der Waals surface area contributed by atoms with E-state index in [9.17, 15) is 9.90 Å². The van der Waals surface area contributed by atoms with Crippen molar-refractivity contribution >= 4 is 11.6 Å². The minimum atomic E-state index is -0.486. The smallest absolute Gasteiger partial charge is 0.223 e. The van der Waals surface area contributed by atoms with E-state index >= 15 is 0 Å². The van der Waals surface area contributed by atoms with Crippen LogP contribution in [0.4, 0.5) is 5.69 Å². The summed E-state index contributed by atoms with van der Waals surface area (Å²) >= 11 is 0. The Morgan fingerprint density at radius 2 is 2.22 bits per heavy atom. The Bertz CT molecular complexity index is 382. The lowest BCUT2D eigenvalue weighted by atomic mass is 10.3. The summed E-state index contributed by atoms with van der Waals surface area (Å²) in [6, 6.07) is 7.14. The number of nitrogen functional groups attached to an aromatic ring is 1. The second kappa shape index (κ2) is 7.55. The van der Waals surface area contributed by atoms with Crippen LogP contribution in [0.1, 0.15) is 19.8 Å². The predicted octanol–water partition coefficient (Wildman–Crippen LogP) is 0.925. The van der Waals surface area contributed by atoms with Gasteiger partial charge in [-0.3, -0.25) is 4.79 Å². The van der Waals surface area contributed by atoms with Crippen molar-refractivity contribution in [3.63, 3.8) is 0 Å². The number of hydrogen-bond acceptors (Lipinski definition) is 4. The fourth-order valence-electron chi connectivity index (χ4n) is 1.33. The number of ether oxygens (including phenoxy) is 1. The average Bonchev–Trinajstić information content (AvgIpc) is 2.38. The van der Waals surface area contributed by atoms with Crippen molar-refractivity contribution in [2.75, 3.05) is 18.9 Å².